The van der Waals surface area contributed by atoms with Gasteiger partial charge in [0.05, 0.1) is 16.4 Å². The van der Waals surface area contributed by atoms with E-state index in [1.54, 1.807) is 0 Å². The van der Waals surface area contributed by atoms with Crippen LogP contribution in [0.5, 0.6) is 0 Å². The Kier molecular flexibility index (Phi) is 7.79. The molecule has 0 radical (unpaired) electrons. The first kappa shape index (κ1) is 35.2. The zero-order chi connectivity index (χ0) is 40.8. The van der Waals surface area contributed by atoms with Crippen LogP contribution in [0.15, 0.2) is 240 Å². The summed E-state index contributed by atoms with van der Waals surface area (Å²) < 4.78 is 2.53. The highest BCUT2D eigenvalue weighted by Gasteiger charge is 2.50. The number of nitrogens with zero attached hydrogens (tertiary/aromatic N) is 2. The monoisotopic (exact) mass is 806 g/mol. The summed E-state index contributed by atoms with van der Waals surface area (Å²) in [5.74, 6) is 0. The van der Waals surface area contributed by atoms with E-state index >= 15 is 0 Å². The molecule has 62 heavy (non-hydrogen) atoms. The Labute approximate surface area is 365 Å². The zero-order valence-electron chi connectivity index (χ0n) is 33.7. The van der Waals surface area contributed by atoms with Gasteiger partial charge in [-0.2, -0.15) is 0 Å². The Morgan fingerprint density at radius 2 is 0.935 bits per heavy atom. The summed E-state index contributed by atoms with van der Waals surface area (Å²) in [7, 11) is 0. The lowest BCUT2D eigenvalue weighted by Gasteiger charge is -2.39. The quantitative estimate of drug-likeness (QED) is 0.171. The molecule has 0 N–H and O–H groups in total. The van der Waals surface area contributed by atoms with E-state index in [-0.39, 0.29) is 0 Å². The molecule has 3 heteroatoms. The molecule has 11 aromatic rings. The first-order valence-corrected chi connectivity index (χ1v) is 22.2. The zero-order valence-corrected chi connectivity index (χ0v) is 34.6. The van der Waals surface area contributed by atoms with Crippen LogP contribution in [0.2, 0.25) is 0 Å². The molecule has 1 aromatic heterocycles. The maximum atomic E-state index is 2.54. The van der Waals surface area contributed by atoms with Gasteiger partial charge in [0.25, 0.3) is 0 Å². The third-order valence-electron chi connectivity index (χ3n) is 13.2. The Hall–Kier alpha value is -7.59. The van der Waals surface area contributed by atoms with Gasteiger partial charge >= 0.3 is 0 Å². The molecule has 1 aliphatic carbocycles. The molecular formula is C59H38N2S. The van der Waals surface area contributed by atoms with Crippen molar-refractivity contribution in [3.8, 4) is 27.9 Å². The van der Waals surface area contributed by atoms with Gasteiger partial charge in [-0.25, -0.2) is 0 Å². The van der Waals surface area contributed by atoms with E-state index in [9.17, 15) is 0 Å². The average Bonchev–Trinajstić information content (AvgIpc) is 3.83. The van der Waals surface area contributed by atoms with Crippen molar-refractivity contribution in [2.45, 2.75) is 15.2 Å². The molecule has 2 aliphatic rings. The molecule has 0 fully saturated rings. The fourth-order valence-electron chi connectivity index (χ4n) is 10.6. The molecule has 290 valence electrons. The van der Waals surface area contributed by atoms with Gasteiger partial charge in [0.1, 0.15) is 0 Å². The topological polar surface area (TPSA) is 8.17 Å². The molecule has 10 aromatic carbocycles. The highest BCUT2D eigenvalue weighted by molar-refractivity contribution is 7.99. The van der Waals surface area contributed by atoms with E-state index in [0.717, 1.165) is 22.7 Å². The Morgan fingerprint density at radius 1 is 0.371 bits per heavy atom. The van der Waals surface area contributed by atoms with Crippen LogP contribution in [-0.4, -0.2) is 4.57 Å². The third-order valence-corrected chi connectivity index (χ3v) is 14.4. The van der Waals surface area contributed by atoms with Crippen molar-refractivity contribution in [1.29, 1.82) is 0 Å². The van der Waals surface area contributed by atoms with Crippen molar-refractivity contribution in [1.82, 2.24) is 4.57 Å². The number of benzene rings is 10. The van der Waals surface area contributed by atoms with Crippen molar-refractivity contribution in [3.63, 3.8) is 0 Å². The molecule has 1 aliphatic heterocycles. The molecule has 0 unspecified atom stereocenters. The van der Waals surface area contributed by atoms with Crippen molar-refractivity contribution < 1.29 is 0 Å². The second kappa shape index (κ2) is 13.7. The number of hydrogen-bond acceptors (Lipinski definition) is 2. The number of rotatable bonds is 5. The average molecular weight is 807 g/mol. The Morgan fingerprint density at radius 3 is 1.66 bits per heavy atom. The maximum absolute atomic E-state index is 2.54. The van der Waals surface area contributed by atoms with Crippen LogP contribution in [0.1, 0.15) is 22.3 Å². The fraction of sp³-hybridized carbons (Fsp3) is 0.0169. The van der Waals surface area contributed by atoms with Crippen molar-refractivity contribution in [3.05, 3.63) is 253 Å². The van der Waals surface area contributed by atoms with Crippen LogP contribution in [0, 0.1) is 0 Å². The minimum absolute atomic E-state index is 0.460. The summed E-state index contributed by atoms with van der Waals surface area (Å²) in [5, 5.41) is 5.00. The highest BCUT2D eigenvalue weighted by atomic mass is 32.2. The molecule has 1 spiro atoms. The molecule has 0 saturated heterocycles. The van der Waals surface area contributed by atoms with Gasteiger partial charge in [-0.3, -0.25) is 0 Å². The maximum Gasteiger partial charge on any atom is 0.0736 e. The first-order valence-electron chi connectivity index (χ1n) is 21.3. The van der Waals surface area contributed by atoms with E-state index in [2.05, 4.69) is 240 Å². The minimum Gasteiger partial charge on any atom is -0.311 e. The van der Waals surface area contributed by atoms with Gasteiger partial charge in [0, 0.05) is 48.7 Å². The van der Waals surface area contributed by atoms with E-state index in [1.807, 2.05) is 11.8 Å². The van der Waals surface area contributed by atoms with E-state index in [1.165, 1.54) is 86.9 Å². The lowest BCUT2D eigenvalue weighted by atomic mass is 9.67. The molecule has 0 amide bonds. The predicted octanol–water partition coefficient (Wildman–Crippen LogP) is 15.9. The lowest BCUT2D eigenvalue weighted by Crippen LogP contribution is -2.32. The Balaban J connectivity index is 1.05. The molecule has 0 atom stereocenters. The largest absolute Gasteiger partial charge is 0.311 e. The molecule has 2 nitrogen and oxygen atoms in total. The third kappa shape index (κ3) is 5.06. The summed E-state index contributed by atoms with van der Waals surface area (Å²) >= 11 is 1.91. The van der Waals surface area contributed by atoms with Gasteiger partial charge < -0.3 is 9.47 Å². The van der Waals surface area contributed by atoms with Crippen LogP contribution in [0.25, 0.3) is 60.5 Å². The lowest BCUT2D eigenvalue weighted by molar-refractivity contribution is 0.724. The van der Waals surface area contributed by atoms with Gasteiger partial charge in [-0.1, -0.05) is 176 Å². The summed E-state index contributed by atoms with van der Waals surface area (Å²) in [6.07, 6.45) is 0. The molecule has 0 saturated carbocycles. The van der Waals surface area contributed by atoms with Crippen LogP contribution in [0.3, 0.4) is 0 Å². The normalized spacial score (nSPS) is 13.2. The van der Waals surface area contributed by atoms with Gasteiger partial charge in [0.2, 0.25) is 0 Å². The highest BCUT2D eigenvalue weighted by Crippen LogP contribution is 2.63. The summed E-state index contributed by atoms with van der Waals surface area (Å²) in [6, 6.07) is 85.1. The SMILES string of the molecule is c1ccc(-c2ccc(N(c3ccccc3)c3ccc(-n4c5cc6c(cc5c5ccc7ccccc7c54)Sc4ccccc4C64c5ccccc5-c5ccccc54)cc3)cc2)cc1. The van der Waals surface area contributed by atoms with E-state index < -0.39 is 5.41 Å². The van der Waals surface area contributed by atoms with Crippen LogP contribution >= 0.6 is 11.8 Å². The summed E-state index contributed by atoms with van der Waals surface area (Å²) in [4.78, 5) is 4.97. The van der Waals surface area contributed by atoms with E-state index in [0.29, 0.717) is 0 Å². The molecular weight excluding hydrogens is 769 g/mol. The van der Waals surface area contributed by atoms with Crippen molar-refractivity contribution in [2.24, 2.45) is 0 Å². The minimum atomic E-state index is -0.460. The van der Waals surface area contributed by atoms with Gasteiger partial charge in [0.15, 0.2) is 0 Å². The second-order valence-electron chi connectivity index (χ2n) is 16.4. The van der Waals surface area contributed by atoms with E-state index in [4.69, 9.17) is 0 Å². The molecule has 2 heterocycles. The van der Waals surface area contributed by atoms with Gasteiger partial charge in [-0.05, 0) is 117 Å². The number of para-hydroxylation sites is 1. The van der Waals surface area contributed by atoms with Crippen LogP contribution in [-0.2, 0) is 5.41 Å². The predicted molar refractivity (Wildman–Crippen MR) is 260 cm³/mol. The van der Waals surface area contributed by atoms with Crippen molar-refractivity contribution >= 4 is 61.4 Å². The van der Waals surface area contributed by atoms with Crippen LogP contribution in [0.4, 0.5) is 17.1 Å². The Bertz CT molecular complexity index is 3490. The molecule has 0 bridgehead atoms. The van der Waals surface area contributed by atoms with Crippen molar-refractivity contribution in [2.75, 3.05) is 4.90 Å². The number of hydrogen-bond donors (Lipinski definition) is 0. The second-order valence-corrected chi connectivity index (χ2v) is 17.5. The number of aromatic nitrogens is 1. The standard InChI is InChI=1S/C59H38N2S/c1-3-15-39(16-4-1)40-27-30-43(31-28-40)60(42-18-5-2-6-19-42)44-32-34-45(35-33-44)61-55-38-54-57(37-50(55)49-36-29-41-17-7-8-20-46(41)58(49)61)62-56-26-14-13-25-53(56)59(54)51-23-11-9-21-47(51)48-22-10-12-24-52(48)59/h1-38H. The summed E-state index contributed by atoms with van der Waals surface area (Å²) in [5.41, 5.74) is 16.9. The van der Waals surface area contributed by atoms with Gasteiger partial charge in [-0.15, -0.1) is 0 Å². The summed E-state index contributed by atoms with van der Waals surface area (Å²) in [6.45, 7) is 0. The number of anilines is 3. The van der Waals surface area contributed by atoms with Crippen LogP contribution < -0.4 is 4.90 Å². The fourth-order valence-corrected chi connectivity index (χ4v) is 11.8. The first-order chi connectivity index (χ1) is 30.8. The number of fused-ring (bicyclic) bond motifs is 14. The molecule has 13 rings (SSSR count). The smallest absolute Gasteiger partial charge is 0.0736 e.